The summed E-state index contributed by atoms with van der Waals surface area (Å²) in [5, 5.41) is 9.83. The molecule has 1 aliphatic carbocycles. The summed E-state index contributed by atoms with van der Waals surface area (Å²) in [6, 6.07) is 0. The van der Waals surface area contributed by atoms with Crippen LogP contribution in [0.3, 0.4) is 0 Å². The van der Waals surface area contributed by atoms with Gasteiger partial charge in [0.2, 0.25) is 6.20 Å². The van der Waals surface area contributed by atoms with Crippen LogP contribution in [-0.2, 0) is 0 Å². The van der Waals surface area contributed by atoms with Crippen molar-refractivity contribution in [2.75, 3.05) is 0 Å². The molecule has 0 amide bonds. The van der Waals surface area contributed by atoms with E-state index < -0.39 is 4.92 Å². The lowest BCUT2D eigenvalue weighted by Gasteiger charge is -1.84. The van der Waals surface area contributed by atoms with E-state index in [0.29, 0.717) is 0 Å². The Kier molecular flexibility index (Phi) is 1.99. The Labute approximate surface area is 58.5 Å². The molecule has 0 unspecified atom stereocenters. The first-order valence-corrected chi connectivity index (χ1v) is 2.96. The van der Waals surface area contributed by atoms with Crippen LogP contribution in [0.2, 0.25) is 0 Å². The Morgan fingerprint density at radius 2 is 2.50 bits per heavy atom. The van der Waals surface area contributed by atoms with Crippen molar-refractivity contribution in [1.29, 1.82) is 0 Å². The fraction of sp³-hybridized carbons (Fsp3) is 0.143. The SMILES string of the molecule is O=[N+]([O-])C=CC1=CC=CC1. The molecule has 3 nitrogen and oxygen atoms in total. The summed E-state index contributed by atoms with van der Waals surface area (Å²) in [6.07, 6.45) is 8.99. The summed E-state index contributed by atoms with van der Waals surface area (Å²) in [6.45, 7) is 0. The molecule has 0 fully saturated rings. The van der Waals surface area contributed by atoms with Gasteiger partial charge < -0.3 is 0 Å². The Morgan fingerprint density at radius 1 is 1.70 bits per heavy atom. The van der Waals surface area contributed by atoms with E-state index in [1.165, 1.54) is 6.08 Å². The molecule has 0 aromatic carbocycles. The first-order chi connectivity index (χ1) is 4.79. The third-order valence-electron chi connectivity index (χ3n) is 1.21. The zero-order chi connectivity index (χ0) is 7.40. The van der Waals surface area contributed by atoms with Gasteiger partial charge in [0.25, 0.3) is 0 Å². The van der Waals surface area contributed by atoms with Gasteiger partial charge in [0.05, 0.1) is 4.92 Å². The minimum Gasteiger partial charge on any atom is -0.259 e. The molecule has 0 N–H and O–H groups in total. The number of nitro groups is 1. The van der Waals surface area contributed by atoms with E-state index in [9.17, 15) is 10.1 Å². The fourth-order valence-corrected chi connectivity index (χ4v) is 0.744. The predicted octanol–water partition coefficient (Wildman–Crippen LogP) is 1.66. The van der Waals surface area contributed by atoms with Crippen LogP contribution in [0, 0.1) is 10.1 Å². The molecule has 0 saturated carbocycles. The van der Waals surface area contributed by atoms with Crippen LogP contribution in [-0.4, -0.2) is 4.92 Å². The predicted molar refractivity (Wildman–Crippen MR) is 38.0 cm³/mol. The Bertz CT molecular complexity index is 226. The van der Waals surface area contributed by atoms with E-state index in [2.05, 4.69) is 0 Å². The van der Waals surface area contributed by atoms with Gasteiger partial charge in [-0.25, -0.2) is 0 Å². The van der Waals surface area contributed by atoms with Gasteiger partial charge in [-0.3, -0.25) is 10.1 Å². The maximum atomic E-state index is 9.83. The number of allylic oxidation sites excluding steroid dienone is 5. The quantitative estimate of drug-likeness (QED) is 0.429. The summed E-state index contributed by atoms with van der Waals surface area (Å²) < 4.78 is 0. The van der Waals surface area contributed by atoms with Crippen molar-refractivity contribution in [3.63, 3.8) is 0 Å². The molecule has 0 heterocycles. The zero-order valence-corrected chi connectivity index (χ0v) is 5.36. The van der Waals surface area contributed by atoms with Crippen molar-refractivity contribution in [2.24, 2.45) is 0 Å². The van der Waals surface area contributed by atoms with Crippen molar-refractivity contribution >= 4 is 0 Å². The van der Waals surface area contributed by atoms with Crippen LogP contribution in [0.25, 0.3) is 0 Å². The van der Waals surface area contributed by atoms with Crippen LogP contribution in [0.1, 0.15) is 6.42 Å². The fourth-order valence-electron chi connectivity index (χ4n) is 0.744. The second-order valence-corrected chi connectivity index (χ2v) is 1.97. The largest absolute Gasteiger partial charge is 0.259 e. The summed E-state index contributed by atoms with van der Waals surface area (Å²) in [5.41, 5.74) is 0.983. The molecule has 1 aliphatic rings. The van der Waals surface area contributed by atoms with Crippen LogP contribution >= 0.6 is 0 Å². The minimum atomic E-state index is -0.459. The van der Waals surface area contributed by atoms with Gasteiger partial charge in [-0.2, -0.15) is 0 Å². The highest BCUT2D eigenvalue weighted by Crippen LogP contribution is 2.10. The van der Waals surface area contributed by atoms with E-state index in [4.69, 9.17) is 0 Å². The van der Waals surface area contributed by atoms with Crippen LogP contribution in [0.4, 0.5) is 0 Å². The van der Waals surface area contributed by atoms with E-state index in [0.717, 1.165) is 18.2 Å². The average molecular weight is 137 g/mol. The Balaban J connectivity index is 2.47. The van der Waals surface area contributed by atoms with Crippen molar-refractivity contribution in [2.45, 2.75) is 6.42 Å². The van der Waals surface area contributed by atoms with Gasteiger partial charge in [-0.15, -0.1) is 0 Å². The lowest BCUT2D eigenvalue weighted by Crippen LogP contribution is -1.82. The summed E-state index contributed by atoms with van der Waals surface area (Å²) in [5.74, 6) is 0. The van der Waals surface area contributed by atoms with Crippen molar-refractivity contribution in [3.8, 4) is 0 Å². The van der Waals surface area contributed by atoms with Gasteiger partial charge in [0, 0.05) is 6.08 Å². The molecule has 10 heavy (non-hydrogen) atoms. The van der Waals surface area contributed by atoms with E-state index >= 15 is 0 Å². The van der Waals surface area contributed by atoms with Crippen molar-refractivity contribution < 1.29 is 4.92 Å². The minimum absolute atomic E-state index is 0.459. The smallest absolute Gasteiger partial charge is 0.234 e. The molecule has 52 valence electrons. The molecule has 0 saturated heterocycles. The molecule has 0 bridgehead atoms. The molecule has 1 rings (SSSR count). The molecule has 0 aliphatic heterocycles. The third-order valence-corrected chi connectivity index (χ3v) is 1.21. The van der Waals surface area contributed by atoms with Crippen molar-refractivity contribution in [3.05, 3.63) is 46.2 Å². The van der Waals surface area contributed by atoms with Crippen molar-refractivity contribution in [1.82, 2.24) is 0 Å². The molecule has 3 heteroatoms. The molecule has 0 radical (unpaired) electrons. The van der Waals surface area contributed by atoms with Gasteiger partial charge in [0.1, 0.15) is 0 Å². The molecular formula is C7H7NO2. The highest BCUT2D eigenvalue weighted by molar-refractivity contribution is 5.30. The number of hydrogen-bond acceptors (Lipinski definition) is 2. The second kappa shape index (κ2) is 2.96. The maximum Gasteiger partial charge on any atom is 0.234 e. The first kappa shape index (κ1) is 6.74. The molecule has 0 aromatic heterocycles. The highest BCUT2D eigenvalue weighted by Gasteiger charge is 1.94. The summed E-state index contributed by atoms with van der Waals surface area (Å²) in [4.78, 5) is 9.37. The van der Waals surface area contributed by atoms with Crippen LogP contribution < -0.4 is 0 Å². The first-order valence-electron chi connectivity index (χ1n) is 2.96. The van der Waals surface area contributed by atoms with Gasteiger partial charge >= 0.3 is 0 Å². The monoisotopic (exact) mass is 137 g/mol. The zero-order valence-electron chi connectivity index (χ0n) is 5.36. The molecular weight excluding hydrogens is 130 g/mol. The lowest BCUT2D eigenvalue weighted by molar-refractivity contribution is -0.402. The highest BCUT2D eigenvalue weighted by atomic mass is 16.6. The van der Waals surface area contributed by atoms with Crippen LogP contribution in [0.15, 0.2) is 36.1 Å². The van der Waals surface area contributed by atoms with Gasteiger partial charge in [-0.05, 0) is 12.0 Å². The topological polar surface area (TPSA) is 43.1 Å². The lowest BCUT2D eigenvalue weighted by atomic mass is 10.2. The summed E-state index contributed by atoms with van der Waals surface area (Å²) in [7, 11) is 0. The number of rotatable bonds is 2. The maximum absolute atomic E-state index is 9.83. The average Bonchev–Trinajstić information content (AvgIpc) is 2.34. The van der Waals surface area contributed by atoms with E-state index in [-0.39, 0.29) is 0 Å². The van der Waals surface area contributed by atoms with E-state index in [1.807, 2.05) is 18.2 Å². The number of hydrogen-bond donors (Lipinski definition) is 0. The third kappa shape index (κ3) is 1.85. The second-order valence-electron chi connectivity index (χ2n) is 1.97. The van der Waals surface area contributed by atoms with Gasteiger partial charge in [-0.1, -0.05) is 18.2 Å². The standard InChI is InChI=1S/C7H7NO2/c9-8(10)6-5-7-3-1-2-4-7/h1-3,5-6H,4H2. The Hall–Kier alpha value is -1.38. The normalized spacial score (nSPS) is 16.2. The molecule has 0 aromatic rings. The van der Waals surface area contributed by atoms with Gasteiger partial charge in [0.15, 0.2) is 0 Å². The Morgan fingerprint density at radius 3 is 3.00 bits per heavy atom. The number of nitrogens with zero attached hydrogens (tertiary/aromatic N) is 1. The molecule has 0 spiro atoms. The molecule has 0 atom stereocenters. The summed E-state index contributed by atoms with van der Waals surface area (Å²) >= 11 is 0. The van der Waals surface area contributed by atoms with Crippen LogP contribution in [0.5, 0.6) is 0 Å². The van der Waals surface area contributed by atoms with E-state index in [1.54, 1.807) is 0 Å².